The van der Waals surface area contributed by atoms with E-state index in [9.17, 15) is 9.59 Å². The highest BCUT2D eigenvalue weighted by atomic mass is 79.9. The lowest BCUT2D eigenvalue weighted by molar-refractivity contribution is -0.132. The zero-order valence-electron chi connectivity index (χ0n) is 23.0. The molecule has 0 aromatic heterocycles. The Hall–Kier alpha value is -3.98. The fraction of sp³-hybridized carbons (Fsp3) is 0.267. The fourth-order valence-corrected chi connectivity index (χ4v) is 5.55. The van der Waals surface area contributed by atoms with Gasteiger partial charge in [-0.1, -0.05) is 0 Å². The molecule has 4 rings (SSSR count). The number of carbonyl (C=O) groups is 2. The summed E-state index contributed by atoms with van der Waals surface area (Å²) in [5.74, 6) is 1.89. The van der Waals surface area contributed by atoms with E-state index < -0.39 is 11.9 Å². The van der Waals surface area contributed by atoms with Crippen LogP contribution >= 0.6 is 15.9 Å². The van der Waals surface area contributed by atoms with Gasteiger partial charge in [0, 0.05) is 30.2 Å². The second-order valence-corrected chi connectivity index (χ2v) is 9.64. The Balaban J connectivity index is 2.29. The summed E-state index contributed by atoms with van der Waals surface area (Å²) in [6, 6.07) is 9.00. The Morgan fingerprint density at radius 3 is 1.56 bits per heavy atom. The summed E-state index contributed by atoms with van der Waals surface area (Å²) in [6.07, 6.45) is 0. The normalized spacial score (nSPS) is 10.9. The zero-order chi connectivity index (χ0) is 28.6. The molecule has 4 aromatic rings. The second kappa shape index (κ2) is 11.0. The Labute approximate surface area is 234 Å². The quantitative estimate of drug-likeness (QED) is 0.168. The highest BCUT2D eigenvalue weighted by Crippen LogP contribution is 2.53. The van der Waals surface area contributed by atoms with Crippen LogP contribution in [0.4, 0.5) is 0 Å². The van der Waals surface area contributed by atoms with Gasteiger partial charge in [-0.15, -0.1) is 0 Å². The maximum absolute atomic E-state index is 12.0. The van der Waals surface area contributed by atoms with E-state index in [0.717, 1.165) is 22.3 Å². The smallest absolute Gasteiger partial charge is 0.308 e. The van der Waals surface area contributed by atoms with Crippen LogP contribution in [-0.4, -0.2) is 40.4 Å². The van der Waals surface area contributed by atoms with Crippen LogP contribution in [0.1, 0.15) is 25.0 Å². The third kappa shape index (κ3) is 4.71. The van der Waals surface area contributed by atoms with Crippen molar-refractivity contribution in [2.75, 3.05) is 28.4 Å². The standard InChI is InChI=1S/C30H29BrO8/c1-14-13-22(34-5)23-18(9-11-20(38-16(3)32)25(23)28(14)35-6)19-10-12-21(39-17(4)33)26-24(19)30(37-8)27(31)15(2)29(26)36-7/h9-13H,1-8H3. The van der Waals surface area contributed by atoms with E-state index in [4.69, 9.17) is 28.4 Å². The average molecular weight is 597 g/mol. The summed E-state index contributed by atoms with van der Waals surface area (Å²) in [5.41, 5.74) is 3.06. The molecule has 0 saturated carbocycles. The third-order valence-corrected chi connectivity index (χ3v) is 7.42. The van der Waals surface area contributed by atoms with Gasteiger partial charge >= 0.3 is 11.9 Å². The van der Waals surface area contributed by atoms with E-state index in [2.05, 4.69) is 15.9 Å². The highest BCUT2D eigenvalue weighted by molar-refractivity contribution is 9.10. The van der Waals surface area contributed by atoms with E-state index in [1.807, 2.05) is 32.0 Å². The van der Waals surface area contributed by atoms with Crippen LogP contribution in [-0.2, 0) is 9.59 Å². The third-order valence-electron chi connectivity index (χ3n) is 6.47. The summed E-state index contributed by atoms with van der Waals surface area (Å²) in [7, 11) is 6.28. The number of esters is 2. The molecule has 0 atom stereocenters. The molecule has 39 heavy (non-hydrogen) atoms. The first kappa shape index (κ1) is 28.0. The van der Waals surface area contributed by atoms with Gasteiger partial charge in [-0.2, -0.15) is 0 Å². The van der Waals surface area contributed by atoms with E-state index in [1.165, 1.54) is 13.8 Å². The van der Waals surface area contributed by atoms with Gasteiger partial charge in [0.15, 0.2) is 0 Å². The van der Waals surface area contributed by atoms with Gasteiger partial charge in [0.05, 0.1) is 43.7 Å². The van der Waals surface area contributed by atoms with Gasteiger partial charge < -0.3 is 28.4 Å². The van der Waals surface area contributed by atoms with E-state index >= 15 is 0 Å². The van der Waals surface area contributed by atoms with Crippen LogP contribution in [0.2, 0.25) is 0 Å². The summed E-state index contributed by atoms with van der Waals surface area (Å²) in [4.78, 5) is 24.0. The van der Waals surface area contributed by atoms with Crippen LogP contribution in [0.5, 0.6) is 34.5 Å². The molecular formula is C30H29BrO8. The lowest BCUT2D eigenvalue weighted by Crippen LogP contribution is -2.05. The lowest BCUT2D eigenvalue weighted by atomic mass is 9.90. The molecule has 0 saturated heterocycles. The molecule has 0 N–H and O–H groups in total. The molecule has 0 unspecified atom stereocenters. The van der Waals surface area contributed by atoms with Crippen molar-refractivity contribution < 1.29 is 38.0 Å². The second-order valence-electron chi connectivity index (χ2n) is 8.84. The number of ether oxygens (including phenoxy) is 6. The van der Waals surface area contributed by atoms with Crippen molar-refractivity contribution in [1.82, 2.24) is 0 Å². The number of carbonyl (C=O) groups excluding carboxylic acids is 2. The van der Waals surface area contributed by atoms with Gasteiger partial charge in [-0.05, 0) is 76.8 Å². The minimum Gasteiger partial charge on any atom is -0.496 e. The summed E-state index contributed by atoms with van der Waals surface area (Å²) >= 11 is 3.67. The predicted octanol–water partition coefficient (Wildman–Crippen LogP) is 6.92. The summed E-state index contributed by atoms with van der Waals surface area (Å²) in [5, 5.41) is 2.46. The minimum absolute atomic E-state index is 0.327. The first-order valence-electron chi connectivity index (χ1n) is 12.0. The van der Waals surface area contributed by atoms with Gasteiger partial charge in [0.1, 0.15) is 34.5 Å². The Kier molecular flexibility index (Phi) is 7.92. The van der Waals surface area contributed by atoms with Crippen LogP contribution in [0.15, 0.2) is 34.8 Å². The minimum atomic E-state index is -0.469. The van der Waals surface area contributed by atoms with Crippen molar-refractivity contribution in [3.63, 3.8) is 0 Å². The Morgan fingerprint density at radius 1 is 0.615 bits per heavy atom. The van der Waals surface area contributed by atoms with E-state index in [-0.39, 0.29) is 0 Å². The lowest BCUT2D eigenvalue weighted by Gasteiger charge is -2.22. The van der Waals surface area contributed by atoms with Crippen LogP contribution < -0.4 is 28.4 Å². The molecule has 0 spiro atoms. The van der Waals surface area contributed by atoms with Crippen molar-refractivity contribution in [3.05, 3.63) is 45.9 Å². The first-order valence-corrected chi connectivity index (χ1v) is 12.8. The van der Waals surface area contributed by atoms with E-state index in [1.54, 1.807) is 40.6 Å². The highest BCUT2D eigenvalue weighted by Gasteiger charge is 2.27. The van der Waals surface area contributed by atoms with Gasteiger partial charge in [0.2, 0.25) is 0 Å². The van der Waals surface area contributed by atoms with Crippen molar-refractivity contribution in [2.24, 2.45) is 0 Å². The molecule has 204 valence electrons. The summed E-state index contributed by atoms with van der Waals surface area (Å²) < 4.78 is 35.2. The molecule has 0 aliphatic carbocycles. The molecule has 8 nitrogen and oxygen atoms in total. The molecule has 0 heterocycles. The van der Waals surface area contributed by atoms with Crippen molar-refractivity contribution in [3.8, 4) is 45.6 Å². The number of benzene rings is 4. The SMILES string of the molecule is COc1cc(C)c(OC)c2c(OC(C)=O)ccc(-c3ccc(OC(C)=O)c4c(OC)c(C)c(Br)c(OC)c34)c12. The largest absolute Gasteiger partial charge is 0.496 e. The Morgan fingerprint density at radius 2 is 1.10 bits per heavy atom. The van der Waals surface area contributed by atoms with E-state index in [0.29, 0.717) is 60.5 Å². The monoisotopic (exact) mass is 596 g/mol. The molecule has 0 amide bonds. The molecule has 0 aliphatic rings. The molecule has 0 bridgehead atoms. The molecule has 0 fully saturated rings. The molecular weight excluding hydrogens is 568 g/mol. The fourth-order valence-electron chi connectivity index (χ4n) is 5.01. The maximum atomic E-state index is 12.0. The number of hydrogen-bond donors (Lipinski definition) is 0. The number of rotatable bonds is 7. The first-order chi connectivity index (χ1) is 18.6. The van der Waals surface area contributed by atoms with Crippen LogP contribution in [0, 0.1) is 13.8 Å². The number of methoxy groups -OCH3 is 4. The summed E-state index contributed by atoms with van der Waals surface area (Å²) in [6.45, 7) is 6.46. The average Bonchev–Trinajstić information content (AvgIpc) is 2.89. The number of aryl methyl sites for hydroxylation is 1. The number of hydrogen-bond acceptors (Lipinski definition) is 8. The maximum Gasteiger partial charge on any atom is 0.308 e. The zero-order valence-corrected chi connectivity index (χ0v) is 24.6. The van der Waals surface area contributed by atoms with Crippen LogP contribution in [0.3, 0.4) is 0 Å². The van der Waals surface area contributed by atoms with Crippen molar-refractivity contribution >= 4 is 49.4 Å². The number of fused-ring (bicyclic) bond motifs is 2. The van der Waals surface area contributed by atoms with Gasteiger partial charge in [-0.3, -0.25) is 9.59 Å². The number of halogens is 1. The molecule has 4 aromatic carbocycles. The molecule has 9 heteroatoms. The molecule has 0 aliphatic heterocycles. The van der Waals surface area contributed by atoms with Gasteiger partial charge in [-0.25, -0.2) is 0 Å². The van der Waals surface area contributed by atoms with Crippen molar-refractivity contribution in [2.45, 2.75) is 27.7 Å². The Bertz CT molecular complexity index is 1640. The molecule has 0 radical (unpaired) electrons. The van der Waals surface area contributed by atoms with Gasteiger partial charge in [0.25, 0.3) is 0 Å². The topological polar surface area (TPSA) is 89.5 Å². The predicted molar refractivity (Wildman–Crippen MR) is 153 cm³/mol. The van der Waals surface area contributed by atoms with Crippen molar-refractivity contribution in [1.29, 1.82) is 0 Å². The van der Waals surface area contributed by atoms with Crippen LogP contribution in [0.25, 0.3) is 32.7 Å².